The molecule has 0 spiro atoms. The molecule has 1 amide bonds. The van der Waals surface area contributed by atoms with Gasteiger partial charge in [0.15, 0.2) is 0 Å². The highest BCUT2D eigenvalue weighted by Crippen LogP contribution is 2.32. The molecule has 4 rings (SSSR count). The second kappa shape index (κ2) is 7.30. The number of nitrogens with zero attached hydrogens (tertiary/aromatic N) is 1. The third-order valence-electron chi connectivity index (χ3n) is 5.22. The number of amides is 1. The Morgan fingerprint density at radius 2 is 1.75 bits per heavy atom. The lowest BCUT2D eigenvalue weighted by molar-refractivity contribution is -0.137. The SMILES string of the molecule is O=C(Nc1ccc2nc(C3CCCCC3)[nH]c2c1)c1ccc(C(F)(F)F)cc1. The van der Waals surface area contributed by atoms with Crippen LogP contribution in [-0.2, 0) is 6.18 Å². The number of nitrogens with one attached hydrogen (secondary N) is 2. The van der Waals surface area contributed by atoms with Crippen LogP contribution in [0, 0.1) is 0 Å². The van der Waals surface area contributed by atoms with Gasteiger partial charge >= 0.3 is 6.18 Å². The molecule has 1 heterocycles. The average Bonchev–Trinajstić information content (AvgIpc) is 3.11. The summed E-state index contributed by atoms with van der Waals surface area (Å²) < 4.78 is 37.9. The molecule has 0 bridgehead atoms. The molecular formula is C21H20F3N3O. The molecule has 7 heteroatoms. The van der Waals surface area contributed by atoms with Gasteiger partial charge in [-0.3, -0.25) is 4.79 Å². The number of alkyl halides is 3. The van der Waals surface area contributed by atoms with E-state index in [1.807, 2.05) is 6.07 Å². The molecule has 4 nitrogen and oxygen atoms in total. The Kier molecular flexibility index (Phi) is 4.83. The van der Waals surface area contributed by atoms with E-state index in [-0.39, 0.29) is 5.56 Å². The van der Waals surface area contributed by atoms with Crippen LogP contribution >= 0.6 is 0 Å². The third-order valence-corrected chi connectivity index (χ3v) is 5.22. The van der Waals surface area contributed by atoms with Gasteiger partial charge in [-0.15, -0.1) is 0 Å². The molecule has 1 saturated carbocycles. The summed E-state index contributed by atoms with van der Waals surface area (Å²) in [5.41, 5.74) is 1.63. The predicted octanol–water partition coefficient (Wildman–Crippen LogP) is 5.88. The van der Waals surface area contributed by atoms with Gasteiger partial charge in [0.2, 0.25) is 0 Å². The Labute approximate surface area is 160 Å². The molecule has 1 fully saturated rings. The molecule has 1 aromatic heterocycles. The Morgan fingerprint density at radius 1 is 1.04 bits per heavy atom. The maximum Gasteiger partial charge on any atom is 0.416 e. The molecule has 0 aliphatic heterocycles. The first-order valence-electron chi connectivity index (χ1n) is 9.38. The van der Waals surface area contributed by atoms with Crippen molar-refractivity contribution in [2.24, 2.45) is 0 Å². The van der Waals surface area contributed by atoms with Gasteiger partial charge in [0.25, 0.3) is 5.91 Å². The monoisotopic (exact) mass is 387 g/mol. The topological polar surface area (TPSA) is 57.8 Å². The number of carbonyl (C=O) groups excluding carboxylic acids is 1. The van der Waals surface area contributed by atoms with Crippen molar-refractivity contribution in [3.8, 4) is 0 Å². The van der Waals surface area contributed by atoms with E-state index in [1.165, 1.54) is 31.4 Å². The average molecular weight is 387 g/mol. The van der Waals surface area contributed by atoms with Gasteiger partial charge < -0.3 is 10.3 Å². The van der Waals surface area contributed by atoms with Crippen molar-refractivity contribution in [3.05, 3.63) is 59.4 Å². The van der Waals surface area contributed by atoms with E-state index in [0.29, 0.717) is 11.6 Å². The van der Waals surface area contributed by atoms with Crippen LogP contribution in [0.2, 0.25) is 0 Å². The minimum atomic E-state index is -4.42. The van der Waals surface area contributed by atoms with Gasteiger partial charge in [0, 0.05) is 17.2 Å². The van der Waals surface area contributed by atoms with E-state index < -0.39 is 17.6 Å². The highest BCUT2D eigenvalue weighted by atomic mass is 19.4. The first kappa shape index (κ1) is 18.5. The fraction of sp³-hybridized carbons (Fsp3) is 0.333. The highest BCUT2D eigenvalue weighted by molar-refractivity contribution is 6.05. The Bertz CT molecular complexity index is 986. The third kappa shape index (κ3) is 3.88. The van der Waals surface area contributed by atoms with Gasteiger partial charge in [-0.2, -0.15) is 13.2 Å². The van der Waals surface area contributed by atoms with Crippen molar-refractivity contribution in [3.63, 3.8) is 0 Å². The van der Waals surface area contributed by atoms with Crippen LogP contribution in [0.4, 0.5) is 18.9 Å². The van der Waals surface area contributed by atoms with E-state index in [4.69, 9.17) is 0 Å². The van der Waals surface area contributed by atoms with Crippen molar-refractivity contribution in [2.75, 3.05) is 5.32 Å². The summed E-state index contributed by atoms with van der Waals surface area (Å²) >= 11 is 0. The summed E-state index contributed by atoms with van der Waals surface area (Å²) in [6, 6.07) is 9.54. The van der Waals surface area contributed by atoms with Crippen molar-refractivity contribution >= 4 is 22.6 Å². The molecular weight excluding hydrogens is 367 g/mol. The highest BCUT2D eigenvalue weighted by Gasteiger charge is 2.30. The first-order chi connectivity index (χ1) is 13.4. The molecule has 0 atom stereocenters. The number of carbonyl (C=O) groups is 1. The largest absolute Gasteiger partial charge is 0.416 e. The minimum Gasteiger partial charge on any atom is -0.342 e. The van der Waals surface area contributed by atoms with Crippen LogP contribution in [0.5, 0.6) is 0 Å². The van der Waals surface area contributed by atoms with Gasteiger partial charge in [-0.25, -0.2) is 4.98 Å². The van der Waals surface area contributed by atoms with Gasteiger partial charge in [0.05, 0.1) is 16.6 Å². The van der Waals surface area contributed by atoms with Crippen LogP contribution in [0.1, 0.15) is 59.8 Å². The van der Waals surface area contributed by atoms with E-state index in [1.54, 1.807) is 12.1 Å². The van der Waals surface area contributed by atoms with E-state index in [9.17, 15) is 18.0 Å². The summed E-state index contributed by atoms with van der Waals surface area (Å²) in [7, 11) is 0. The van der Waals surface area contributed by atoms with Crippen LogP contribution in [0.25, 0.3) is 11.0 Å². The van der Waals surface area contributed by atoms with Crippen molar-refractivity contribution in [2.45, 2.75) is 44.2 Å². The second-order valence-electron chi connectivity index (χ2n) is 7.22. The summed E-state index contributed by atoms with van der Waals surface area (Å²) in [4.78, 5) is 20.4. The van der Waals surface area contributed by atoms with Gasteiger partial charge in [-0.1, -0.05) is 19.3 Å². The number of rotatable bonds is 3. The smallest absolute Gasteiger partial charge is 0.342 e. The lowest BCUT2D eigenvalue weighted by Crippen LogP contribution is -2.12. The van der Waals surface area contributed by atoms with Crippen LogP contribution in [0.3, 0.4) is 0 Å². The fourth-order valence-electron chi connectivity index (χ4n) is 3.69. The second-order valence-corrected chi connectivity index (χ2v) is 7.22. The predicted molar refractivity (Wildman–Crippen MR) is 101 cm³/mol. The maximum absolute atomic E-state index is 12.6. The fourth-order valence-corrected chi connectivity index (χ4v) is 3.69. The molecule has 2 N–H and O–H groups in total. The number of aromatic amines is 1. The summed E-state index contributed by atoms with van der Waals surface area (Å²) in [5.74, 6) is 0.979. The number of benzene rings is 2. The normalized spacial score (nSPS) is 15.7. The summed E-state index contributed by atoms with van der Waals surface area (Å²) in [6.45, 7) is 0. The van der Waals surface area contributed by atoms with E-state index in [2.05, 4.69) is 15.3 Å². The maximum atomic E-state index is 12.6. The quantitative estimate of drug-likeness (QED) is 0.589. The van der Waals surface area contributed by atoms with Crippen molar-refractivity contribution in [1.82, 2.24) is 9.97 Å². The molecule has 0 radical (unpaired) electrons. The number of hydrogen-bond acceptors (Lipinski definition) is 2. The van der Waals surface area contributed by atoms with Crippen molar-refractivity contribution < 1.29 is 18.0 Å². The molecule has 1 aliphatic carbocycles. The van der Waals surface area contributed by atoms with E-state index >= 15 is 0 Å². The Morgan fingerprint density at radius 3 is 2.43 bits per heavy atom. The molecule has 3 aromatic rings. The van der Waals surface area contributed by atoms with Gasteiger partial charge in [-0.05, 0) is 55.3 Å². The Hall–Kier alpha value is -2.83. The standard InChI is InChI=1S/C21H20F3N3O/c22-21(23,24)15-8-6-14(7-9-15)20(28)25-16-10-11-17-18(12-16)27-19(26-17)13-4-2-1-3-5-13/h6-13H,1-5H2,(H,25,28)(H,26,27). The Balaban J connectivity index is 1.50. The number of fused-ring (bicyclic) bond motifs is 1. The summed E-state index contributed by atoms with van der Waals surface area (Å²) in [6.07, 6.45) is 1.56. The lowest BCUT2D eigenvalue weighted by atomic mass is 9.89. The van der Waals surface area contributed by atoms with Crippen LogP contribution < -0.4 is 5.32 Å². The van der Waals surface area contributed by atoms with E-state index in [0.717, 1.165) is 41.8 Å². The zero-order chi connectivity index (χ0) is 19.7. The lowest BCUT2D eigenvalue weighted by Gasteiger charge is -2.18. The summed E-state index contributed by atoms with van der Waals surface area (Å²) in [5, 5.41) is 2.73. The molecule has 0 unspecified atom stereocenters. The molecule has 146 valence electrons. The molecule has 0 saturated heterocycles. The minimum absolute atomic E-state index is 0.167. The number of hydrogen-bond donors (Lipinski definition) is 2. The van der Waals surface area contributed by atoms with Crippen LogP contribution in [-0.4, -0.2) is 15.9 Å². The molecule has 28 heavy (non-hydrogen) atoms. The number of H-pyrrole nitrogens is 1. The molecule has 1 aliphatic rings. The number of aromatic nitrogens is 2. The zero-order valence-electron chi connectivity index (χ0n) is 15.1. The number of anilines is 1. The first-order valence-corrected chi connectivity index (χ1v) is 9.38. The van der Waals surface area contributed by atoms with Crippen LogP contribution in [0.15, 0.2) is 42.5 Å². The van der Waals surface area contributed by atoms with Crippen molar-refractivity contribution in [1.29, 1.82) is 0 Å². The zero-order valence-corrected chi connectivity index (χ0v) is 15.1. The van der Waals surface area contributed by atoms with Gasteiger partial charge in [0.1, 0.15) is 5.82 Å². The molecule has 2 aromatic carbocycles. The number of halogens is 3. The number of imidazole rings is 1.